The number of hydrogen-bond acceptors (Lipinski definition) is 2. The molecule has 0 aromatic heterocycles. The summed E-state index contributed by atoms with van der Waals surface area (Å²) in [6.45, 7) is 4.41. The van der Waals surface area contributed by atoms with E-state index < -0.39 is 0 Å². The normalized spacial score (nSPS) is 17.3. The van der Waals surface area contributed by atoms with E-state index in [-0.39, 0.29) is 0 Å². The summed E-state index contributed by atoms with van der Waals surface area (Å²) in [4.78, 5) is 2.38. The second-order valence-corrected chi connectivity index (χ2v) is 7.54. The third kappa shape index (κ3) is 3.35. The van der Waals surface area contributed by atoms with Crippen LogP contribution in [0.2, 0.25) is 0 Å². The van der Waals surface area contributed by atoms with Crippen LogP contribution in [-0.4, -0.2) is 0 Å². The molecule has 1 aliphatic carbocycles. The van der Waals surface area contributed by atoms with Gasteiger partial charge in [-0.25, -0.2) is 0 Å². The van der Waals surface area contributed by atoms with E-state index in [1.165, 1.54) is 26.5 Å². The van der Waals surface area contributed by atoms with E-state index in [0.29, 0.717) is 5.92 Å². The zero-order valence-electron chi connectivity index (χ0n) is 14.4. The van der Waals surface area contributed by atoms with Crippen LogP contribution in [0, 0.1) is 0 Å². The molecule has 0 atom stereocenters. The van der Waals surface area contributed by atoms with E-state index in [9.17, 15) is 0 Å². The zero-order chi connectivity index (χ0) is 17.2. The second kappa shape index (κ2) is 6.81. The van der Waals surface area contributed by atoms with Crippen molar-refractivity contribution in [3.63, 3.8) is 0 Å². The summed E-state index contributed by atoms with van der Waals surface area (Å²) in [6, 6.07) is 16.9. The van der Waals surface area contributed by atoms with Crippen molar-refractivity contribution in [3.8, 4) is 5.75 Å². The number of thioether (sulfide) groups is 1. The Morgan fingerprint density at radius 1 is 1.00 bits per heavy atom. The third-order valence-electron chi connectivity index (χ3n) is 4.33. The highest BCUT2D eigenvalue weighted by atomic mass is 32.2. The Bertz CT molecular complexity index is 914. The van der Waals surface area contributed by atoms with Crippen LogP contribution in [0.1, 0.15) is 30.9 Å². The van der Waals surface area contributed by atoms with Crippen molar-refractivity contribution in [1.29, 1.82) is 0 Å². The van der Waals surface area contributed by atoms with Crippen LogP contribution in [-0.2, 0) is 0 Å². The smallest absolute Gasteiger partial charge is 0.142 e. The molecule has 124 valence electrons. The lowest BCUT2D eigenvalue weighted by Gasteiger charge is -2.20. The molecule has 0 saturated heterocycles. The number of ether oxygens (including phenoxy) is 1. The summed E-state index contributed by atoms with van der Waals surface area (Å²) in [5.74, 6) is 2.44. The maximum atomic E-state index is 6.15. The highest BCUT2D eigenvalue weighted by Gasteiger charge is 2.24. The molecule has 0 saturated carbocycles. The fourth-order valence-corrected chi connectivity index (χ4v) is 3.90. The molecular weight excluding hydrogens is 324 g/mol. The molecule has 2 aromatic rings. The van der Waals surface area contributed by atoms with Crippen molar-refractivity contribution < 1.29 is 4.74 Å². The minimum Gasteiger partial charge on any atom is -0.455 e. The molecule has 0 fully saturated rings. The van der Waals surface area contributed by atoms with Crippen LogP contribution in [0.25, 0.3) is 6.08 Å². The fourth-order valence-electron chi connectivity index (χ4n) is 2.88. The summed E-state index contributed by atoms with van der Waals surface area (Å²) in [6.07, 6.45) is 10.6. The zero-order valence-corrected chi connectivity index (χ0v) is 15.2. The van der Waals surface area contributed by atoms with Gasteiger partial charge in [-0.05, 0) is 46.9 Å². The van der Waals surface area contributed by atoms with Gasteiger partial charge in [0, 0.05) is 0 Å². The largest absolute Gasteiger partial charge is 0.455 e. The van der Waals surface area contributed by atoms with Gasteiger partial charge in [0.2, 0.25) is 0 Å². The molecule has 0 bridgehead atoms. The number of benzene rings is 2. The lowest BCUT2D eigenvalue weighted by Crippen LogP contribution is -2.01. The van der Waals surface area contributed by atoms with Gasteiger partial charge in [0.1, 0.15) is 11.5 Å². The number of hydrogen-bond donors (Lipinski definition) is 0. The molecule has 0 radical (unpaired) electrons. The van der Waals surface area contributed by atoms with E-state index in [0.717, 1.165) is 11.5 Å². The van der Waals surface area contributed by atoms with Crippen LogP contribution in [0.3, 0.4) is 0 Å². The van der Waals surface area contributed by atoms with Gasteiger partial charge in [-0.2, -0.15) is 0 Å². The highest BCUT2D eigenvalue weighted by Crippen LogP contribution is 2.48. The van der Waals surface area contributed by atoms with Gasteiger partial charge in [-0.3, -0.25) is 0 Å². The lowest BCUT2D eigenvalue weighted by molar-refractivity contribution is 0.430. The number of allylic oxidation sites excluding steroid dienone is 5. The standard InChI is InChI=1S/C23H20OS/c1-16(2)19-12-14-22-21(15-19)24-20-13-11-18(23(20)25-22)10-6-9-17-7-4-3-5-8-17/h3-16H,1-2H3/b9-6+,18-10+. The number of rotatable bonds is 3. The highest BCUT2D eigenvalue weighted by molar-refractivity contribution is 8.03. The Hall–Kier alpha value is -2.45. The first-order chi connectivity index (χ1) is 12.2. The maximum Gasteiger partial charge on any atom is 0.142 e. The molecule has 1 heterocycles. The first kappa shape index (κ1) is 16.0. The van der Waals surface area contributed by atoms with Gasteiger partial charge in [0.25, 0.3) is 0 Å². The van der Waals surface area contributed by atoms with Crippen LogP contribution in [0.4, 0.5) is 0 Å². The summed E-state index contributed by atoms with van der Waals surface area (Å²) in [5, 5.41) is 0. The molecule has 0 N–H and O–H groups in total. The van der Waals surface area contributed by atoms with E-state index in [1.807, 2.05) is 6.07 Å². The average molecular weight is 344 g/mol. The van der Waals surface area contributed by atoms with Crippen molar-refractivity contribution >= 4 is 17.8 Å². The monoisotopic (exact) mass is 344 g/mol. The first-order valence-electron chi connectivity index (χ1n) is 8.56. The Morgan fingerprint density at radius 3 is 2.64 bits per heavy atom. The van der Waals surface area contributed by atoms with Crippen LogP contribution in [0.5, 0.6) is 5.75 Å². The Morgan fingerprint density at radius 2 is 1.84 bits per heavy atom. The molecule has 2 heteroatoms. The van der Waals surface area contributed by atoms with Gasteiger partial charge in [0.15, 0.2) is 0 Å². The minimum atomic E-state index is 0.506. The lowest BCUT2D eigenvalue weighted by atomic mass is 10.0. The molecule has 0 amide bonds. The minimum absolute atomic E-state index is 0.506. The van der Waals surface area contributed by atoms with Crippen LogP contribution < -0.4 is 4.74 Å². The predicted molar refractivity (Wildman–Crippen MR) is 107 cm³/mol. The summed E-state index contributed by atoms with van der Waals surface area (Å²) in [5.41, 5.74) is 3.72. The molecule has 2 aromatic carbocycles. The van der Waals surface area contributed by atoms with Crippen molar-refractivity contribution in [2.45, 2.75) is 24.7 Å². The van der Waals surface area contributed by atoms with Crippen LogP contribution in [0.15, 0.2) is 94.0 Å². The van der Waals surface area contributed by atoms with Gasteiger partial charge >= 0.3 is 0 Å². The summed E-state index contributed by atoms with van der Waals surface area (Å²) < 4.78 is 6.15. The molecule has 25 heavy (non-hydrogen) atoms. The molecular formula is C23H20OS. The van der Waals surface area contributed by atoms with Crippen molar-refractivity contribution in [2.75, 3.05) is 0 Å². The van der Waals surface area contributed by atoms with Gasteiger partial charge in [-0.15, -0.1) is 0 Å². The van der Waals surface area contributed by atoms with Gasteiger partial charge in [-0.1, -0.05) is 80.2 Å². The molecule has 0 spiro atoms. The summed E-state index contributed by atoms with van der Waals surface area (Å²) >= 11 is 1.79. The van der Waals surface area contributed by atoms with Gasteiger partial charge < -0.3 is 4.74 Å². The van der Waals surface area contributed by atoms with Crippen LogP contribution >= 0.6 is 11.8 Å². The molecule has 2 aliphatic rings. The molecule has 1 aliphatic heterocycles. The van der Waals surface area contributed by atoms with Crippen molar-refractivity contribution in [2.24, 2.45) is 0 Å². The maximum absolute atomic E-state index is 6.15. The van der Waals surface area contributed by atoms with E-state index in [1.54, 1.807) is 11.8 Å². The second-order valence-electron chi connectivity index (χ2n) is 6.48. The van der Waals surface area contributed by atoms with E-state index >= 15 is 0 Å². The quantitative estimate of drug-likeness (QED) is 0.611. The molecule has 1 nitrogen and oxygen atoms in total. The Kier molecular flexibility index (Phi) is 4.37. The van der Waals surface area contributed by atoms with Gasteiger partial charge in [0.05, 0.1) is 9.80 Å². The van der Waals surface area contributed by atoms with E-state index in [4.69, 9.17) is 4.74 Å². The Labute approximate surface area is 153 Å². The van der Waals surface area contributed by atoms with E-state index in [2.05, 4.69) is 86.7 Å². The Balaban J connectivity index is 1.56. The topological polar surface area (TPSA) is 9.23 Å². The third-order valence-corrected chi connectivity index (χ3v) is 5.53. The predicted octanol–water partition coefficient (Wildman–Crippen LogP) is 6.72. The first-order valence-corrected chi connectivity index (χ1v) is 9.38. The SMILES string of the molecule is CC(C)c1ccc2c(c1)OC1=C(S2)/C(=C/C=C/c2ccccc2)C=C1. The molecule has 0 unspecified atom stereocenters. The average Bonchev–Trinajstić information content (AvgIpc) is 3.02. The fraction of sp³-hybridized carbons (Fsp3) is 0.130. The van der Waals surface area contributed by atoms with Crippen molar-refractivity contribution in [1.82, 2.24) is 0 Å². The molecule has 4 rings (SSSR count). The van der Waals surface area contributed by atoms with Crippen molar-refractivity contribution in [3.05, 3.63) is 100 Å². The summed E-state index contributed by atoms with van der Waals surface area (Å²) in [7, 11) is 0. The number of fused-ring (bicyclic) bond motifs is 1.